The van der Waals surface area contributed by atoms with Gasteiger partial charge in [0.1, 0.15) is 0 Å². The molecule has 124 valence electrons. The third kappa shape index (κ3) is 3.32. The average Bonchev–Trinajstić information content (AvgIpc) is 2.88. The molecule has 2 aromatic rings. The van der Waals surface area contributed by atoms with Gasteiger partial charge in [-0.2, -0.15) is 0 Å². The zero-order valence-corrected chi connectivity index (χ0v) is 13.1. The number of hydrogen-bond acceptors (Lipinski definition) is 4. The molecule has 3 rings (SSSR count). The molecule has 1 aliphatic rings. The van der Waals surface area contributed by atoms with Gasteiger partial charge in [0, 0.05) is 34.2 Å². The Balaban J connectivity index is 1.93. The summed E-state index contributed by atoms with van der Waals surface area (Å²) in [5.41, 5.74) is 9.60. The molecular formula is C19H15N3O3. The van der Waals surface area contributed by atoms with Crippen molar-refractivity contribution in [2.45, 2.75) is 0 Å². The van der Waals surface area contributed by atoms with Crippen molar-refractivity contribution < 1.29 is 14.7 Å². The van der Waals surface area contributed by atoms with Crippen LogP contribution in [0.2, 0.25) is 0 Å². The summed E-state index contributed by atoms with van der Waals surface area (Å²) in [6.07, 6.45) is 3.79. The fraction of sp³-hybridized carbons (Fsp3) is 0. The van der Waals surface area contributed by atoms with Crippen LogP contribution in [0.15, 0.2) is 54.6 Å². The van der Waals surface area contributed by atoms with Gasteiger partial charge in [-0.1, -0.05) is 30.3 Å². The molecule has 1 amide bonds. The fourth-order valence-corrected chi connectivity index (χ4v) is 2.61. The van der Waals surface area contributed by atoms with Crippen molar-refractivity contribution in [3.63, 3.8) is 0 Å². The maximum absolute atomic E-state index is 12.1. The number of nitrogens with one attached hydrogen (secondary N) is 2. The van der Waals surface area contributed by atoms with Gasteiger partial charge in [-0.25, -0.2) is 4.79 Å². The Bertz CT molecular complexity index is 958. The van der Waals surface area contributed by atoms with Gasteiger partial charge < -0.3 is 21.6 Å². The molecule has 0 saturated heterocycles. The molecule has 5 N–H and O–H groups in total. The summed E-state index contributed by atoms with van der Waals surface area (Å²) in [6, 6.07) is 12.4. The summed E-state index contributed by atoms with van der Waals surface area (Å²) < 4.78 is 0. The molecule has 1 heterocycles. The second kappa shape index (κ2) is 6.45. The third-order valence-electron chi connectivity index (χ3n) is 3.78. The number of benzene rings is 2. The van der Waals surface area contributed by atoms with Crippen LogP contribution in [0.1, 0.15) is 16.7 Å². The number of anilines is 2. The molecule has 6 heteroatoms. The van der Waals surface area contributed by atoms with E-state index in [0.717, 1.165) is 22.9 Å². The number of carboxylic acids is 1. The average molecular weight is 333 g/mol. The second-order valence-corrected chi connectivity index (χ2v) is 5.49. The first-order chi connectivity index (χ1) is 12.0. The zero-order valence-electron chi connectivity index (χ0n) is 13.1. The SMILES string of the molecule is N=C(/C=C/C(=O)O)c1ccc(/C=C2/C(=O)Nc3ccccc32)cc1N. The number of amides is 1. The van der Waals surface area contributed by atoms with Crippen molar-refractivity contribution in [2.24, 2.45) is 0 Å². The summed E-state index contributed by atoms with van der Waals surface area (Å²) in [7, 11) is 0. The number of carboxylic acid groups (broad SMARTS) is 1. The van der Waals surface area contributed by atoms with Crippen molar-refractivity contribution in [2.75, 3.05) is 11.1 Å². The molecule has 0 aliphatic carbocycles. The zero-order chi connectivity index (χ0) is 18.0. The monoisotopic (exact) mass is 333 g/mol. The van der Waals surface area contributed by atoms with Gasteiger partial charge in [0.05, 0.1) is 5.71 Å². The summed E-state index contributed by atoms with van der Waals surface area (Å²) in [4.78, 5) is 22.7. The van der Waals surface area contributed by atoms with Gasteiger partial charge in [0.15, 0.2) is 0 Å². The first-order valence-electron chi connectivity index (χ1n) is 7.47. The number of aliphatic carboxylic acids is 1. The lowest BCUT2D eigenvalue weighted by Crippen LogP contribution is -2.04. The molecule has 0 radical (unpaired) electrons. The normalized spacial score (nSPS) is 14.6. The van der Waals surface area contributed by atoms with E-state index in [1.54, 1.807) is 24.3 Å². The predicted molar refractivity (Wildman–Crippen MR) is 97.4 cm³/mol. The maximum Gasteiger partial charge on any atom is 0.328 e. The number of para-hydroxylation sites is 1. The van der Waals surface area contributed by atoms with E-state index in [-0.39, 0.29) is 11.6 Å². The minimum atomic E-state index is -1.13. The number of nitrogens with two attached hydrogens (primary N) is 1. The molecule has 1 aliphatic heterocycles. The Kier molecular flexibility index (Phi) is 4.18. The van der Waals surface area contributed by atoms with E-state index in [1.165, 1.54) is 6.08 Å². The quantitative estimate of drug-likeness (QED) is 0.391. The van der Waals surface area contributed by atoms with Crippen LogP contribution in [0.5, 0.6) is 0 Å². The van der Waals surface area contributed by atoms with Crippen molar-refractivity contribution in [1.29, 1.82) is 5.41 Å². The largest absolute Gasteiger partial charge is 0.478 e. The van der Waals surface area contributed by atoms with Gasteiger partial charge in [-0.05, 0) is 29.8 Å². The van der Waals surface area contributed by atoms with Crippen LogP contribution in [-0.2, 0) is 9.59 Å². The molecule has 0 spiro atoms. The number of hydrogen-bond donors (Lipinski definition) is 4. The van der Waals surface area contributed by atoms with E-state index in [9.17, 15) is 9.59 Å². The predicted octanol–water partition coefficient (Wildman–Crippen LogP) is 2.77. The third-order valence-corrected chi connectivity index (χ3v) is 3.78. The second-order valence-electron chi connectivity index (χ2n) is 5.49. The highest BCUT2D eigenvalue weighted by molar-refractivity contribution is 6.34. The van der Waals surface area contributed by atoms with E-state index in [2.05, 4.69) is 5.32 Å². The molecule has 0 saturated carbocycles. The lowest BCUT2D eigenvalue weighted by atomic mass is 10.0. The van der Waals surface area contributed by atoms with Crippen LogP contribution in [0.3, 0.4) is 0 Å². The first kappa shape index (κ1) is 16.2. The molecule has 0 atom stereocenters. The van der Waals surface area contributed by atoms with Gasteiger partial charge >= 0.3 is 5.97 Å². The van der Waals surface area contributed by atoms with Crippen LogP contribution in [0.25, 0.3) is 11.6 Å². The number of carbonyl (C=O) groups excluding carboxylic acids is 1. The van der Waals surface area contributed by atoms with Crippen LogP contribution < -0.4 is 11.1 Å². The van der Waals surface area contributed by atoms with Crippen LogP contribution in [-0.4, -0.2) is 22.7 Å². The summed E-state index contributed by atoms with van der Waals surface area (Å²) in [5, 5.41) is 19.3. The highest BCUT2D eigenvalue weighted by Crippen LogP contribution is 2.33. The van der Waals surface area contributed by atoms with Gasteiger partial charge in [0.25, 0.3) is 5.91 Å². The minimum absolute atomic E-state index is 0.00283. The first-order valence-corrected chi connectivity index (χ1v) is 7.47. The number of allylic oxidation sites excluding steroid dienone is 1. The molecule has 0 fully saturated rings. The number of nitrogen functional groups attached to an aromatic ring is 1. The highest BCUT2D eigenvalue weighted by atomic mass is 16.4. The molecule has 6 nitrogen and oxygen atoms in total. The Morgan fingerprint density at radius 2 is 1.92 bits per heavy atom. The minimum Gasteiger partial charge on any atom is -0.478 e. The van der Waals surface area contributed by atoms with Gasteiger partial charge in [0.2, 0.25) is 0 Å². The Morgan fingerprint density at radius 3 is 2.64 bits per heavy atom. The smallest absolute Gasteiger partial charge is 0.328 e. The molecular weight excluding hydrogens is 318 g/mol. The van der Waals surface area contributed by atoms with Crippen molar-refractivity contribution in [1.82, 2.24) is 0 Å². The lowest BCUT2D eigenvalue weighted by molar-refractivity contribution is -0.131. The number of carbonyl (C=O) groups is 2. The van der Waals surface area contributed by atoms with Gasteiger partial charge in [-0.3, -0.25) is 4.79 Å². The van der Waals surface area contributed by atoms with Crippen LogP contribution in [0, 0.1) is 5.41 Å². The highest BCUT2D eigenvalue weighted by Gasteiger charge is 2.23. The summed E-state index contributed by atoms with van der Waals surface area (Å²) in [6.45, 7) is 0. The van der Waals surface area contributed by atoms with Crippen LogP contribution >= 0.6 is 0 Å². The van der Waals surface area contributed by atoms with Crippen molar-refractivity contribution in [3.8, 4) is 0 Å². The van der Waals surface area contributed by atoms with E-state index < -0.39 is 5.97 Å². The van der Waals surface area contributed by atoms with Crippen molar-refractivity contribution in [3.05, 3.63) is 71.3 Å². The fourth-order valence-electron chi connectivity index (χ4n) is 2.61. The Hall–Kier alpha value is -3.67. The molecule has 2 aromatic carbocycles. The maximum atomic E-state index is 12.1. The topological polar surface area (TPSA) is 116 Å². The lowest BCUT2D eigenvalue weighted by Gasteiger charge is -2.06. The number of fused-ring (bicyclic) bond motifs is 1. The summed E-state index contributed by atoms with van der Waals surface area (Å²) in [5.74, 6) is -1.31. The molecule has 0 unspecified atom stereocenters. The van der Waals surface area contributed by atoms with E-state index in [1.807, 2.05) is 24.3 Å². The Morgan fingerprint density at radius 1 is 1.16 bits per heavy atom. The standard InChI is InChI=1S/C19H15N3O3/c20-15(7-8-18(23)24)13-6-5-11(10-16(13)21)9-14-12-3-1-2-4-17(12)22-19(14)25/h1-10,20H,21H2,(H,22,25)(H,23,24)/b8-7+,14-9+,20-15?. The van der Waals surface area contributed by atoms with Crippen LogP contribution in [0.4, 0.5) is 11.4 Å². The van der Waals surface area contributed by atoms with E-state index >= 15 is 0 Å². The summed E-state index contributed by atoms with van der Waals surface area (Å²) >= 11 is 0. The van der Waals surface area contributed by atoms with Gasteiger partial charge in [-0.15, -0.1) is 0 Å². The molecule has 25 heavy (non-hydrogen) atoms. The molecule has 0 bridgehead atoms. The molecule has 0 aromatic heterocycles. The van der Waals surface area contributed by atoms with E-state index in [4.69, 9.17) is 16.2 Å². The van der Waals surface area contributed by atoms with E-state index in [0.29, 0.717) is 16.8 Å². The number of rotatable bonds is 4. The van der Waals surface area contributed by atoms with Crippen molar-refractivity contribution >= 4 is 40.6 Å². The Labute approximate surface area is 143 Å².